The molecule has 0 aliphatic carbocycles. The first-order chi connectivity index (χ1) is 15.7. The lowest BCUT2D eigenvalue weighted by atomic mass is 9.95. The van der Waals surface area contributed by atoms with Gasteiger partial charge in [-0.25, -0.2) is 4.79 Å². The summed E-state index contributed by atoms with van der Waals surface area (Å²) in [7, 11) is 0. The second-order valence-electron chi connectivity index (χ2n) is 8.93. The number of β-lactam (4-membered cyclic amide) rings is 1. The van der Waals surface area contributed by atoms with Crippen LogP contribution in [-0.4, -0.2) is 83.2 Å². The molecule has 11 heteroatoms. The van der Waals surface area contributed by atoms with Gasteiger partial charge in [0.2, 0.25) is 11.8 Å². The Morgan fingerprint density at radius 2 is 2.00 bits per heavy atom. The standard InChI is InChI=1S/C22H28N4O4S3/c1-4-10-24-11-25(12-32-21(24)31)15(13-8-6-5-7-9-13)17(27)23-14-18(28)26-16(20(29)30)22(2,3)33-19(14)26/h5-9,14-16,19H,4,10-12H2,1-3H3,(H,23,27)(H,29,30)/t14-,15?,16?,19?/m1/s1. The minimum Gasteiger partial charge on any atom is -0.480 e. The number of amides is 2. The molecule has 3 unspecified atom stereocenters. The fraction of sp³-hybridized carbons (Fsp3) is 0.545. The number of thioether (sulfide) groups is 2. The molecular weight excluding hydrogens is 480 g/mol. The number of fused-ring (bicyclic) bond motifs is 1. The molecule has 3 aliphatic heterocycles. The van der Waals surface area contributed by atoms with E-state index in [0.717, 1.165) is 22.8 Å². The summed E-state index contributed by atoms with van der Waals surface area (Å²) in [4.78, 5) is 43.8. The van der Waals surface area contributed by atoms with E-state index in [1.54, 1.807) is 0 Å². The van der Waals surface area contributed by atoms with E-state index in [9.17, 15) is 19.5 Å². The van der Waals surface area contributed by atoms with Gasteiger partial charge in [-0.1, -0.05) is 61.2 Å². The first-order valence-electron chi connectivity index (χ1n) is 10.9. The van der Waals surface area contributed by atoms with Crippen LogP contribution in [0.1, 0.15) is 38.8 Å². The lowest BCUT2D eigenvalue weighted by molar-refractivity contribution is -0.161. The molecule has 1 aromatic rings. The zero-order chi connectivity index (χ0) is 23.9. The maximum absolute atomic E-state index is 13.6. The quantitative estimate of drug-likeness (QED) is 0.425. The van der Waals surface area contributed by atoms with Crippen LogP contribution in [-0.2, 0) is 14.4 Å². The normalized spacial score (nSPS) is 27.7. The molecule has 0 aromatic heterocycles. The highest BCUT2D eigenvalue weighted by Crippen LogP contribution is 2.50. The Balaban J connectivity index is 1.54. The van der Waals surface area contributed by atoms with Gasteiger partial charge in [0.05, 0.1) is 12.5 Å². The number of aliphatic carboxylic acids is 1. The number of carboxylic acids is 1. The van der Waals surface area contributed by atoms with E-state index < -0.39 is 28.8 Å². The molecule has 178 valence electrons. The largest absolute Gasteiger partial charge is 0.480 e. The summed E-state index contributed by atoms with van der Waals surface area (Å²) in [6, 6.07) is 7.29. The van der Waals surface area contributed by atoms with Crippen LogP contribution in [0.4, 0.5) is 0 Å². The van der Waals surface area contributed by atoms with Gasteiger partial charge in [0, 0.05) is 11.3 Å². The van der Waals surface area contributed by atoms with Crippen molar-refractivity contribution in [2.24, 2.45) is 0 Å². The molecule has 4 rings (SSSR count). The fourth-order valence-corrected chi connectivity index (χ4v) is 7.45. The molecule has 0 radical (unpaired) electrons. The Morgan fingerprint density at radius 1 is 1.30 bits per heavy atom. The van der Waals surface area contributed by atoms with E-state index in [-0.39, 0.29) is 17.2 Å². The van der Waals surface area contributed by atoms with Crippen molar-refractivity contribution in [1.29, 1.82) is 0 Å². The number of carboxylic acid groups (broad SMARTS) is 1. The number of carbonyl (C=O) groups excluding carboxylic acids is 2. The van der Waals surface area contributed by atoms with Crippen molar-refractivity contribution in [3.05, 3.63) is 35.9 Å². The highest BCUT2D eigenvalue weighted by molar-refractivity contribution is 8.22. The van der Waals surface area contributed by atoms with E-state index in [1.807, 2.05) is 44.2 Å². The van der Waals surface area contributed by atoms with Gasteiger partial charge in [-0.2, -0.15) is 0 Å². The summed E-state index contributed by atoms with van der Waals surface area (Å²) in [6.45, 7) is 7.08. The van der Waals surface area contributed by atoms with Gasteiger partial charge in [-0.3, -0.25) is 14.5 Å². The van der Waals surface area contributed by atoms with Gasteiger partial charge in [-0.15, -0.1) is 11.8 Å². The van der Waals surface area contributed by atoms with Crippen LogP contribution in [0.2, 0.25) is 0 Å². The average molecular weight is 509 g/mol. The van der Waals surface area contributed by atoms with Crippen molar-refractivity contribution >= 4 is 57.8 Å². The van der Waals surface area contributed by atoms with Crippen LogP contribution in [0, 0.1) is 0 Å². The topological polar surface area (TPSA) is 93.2 Å². The number of rotatable bonds is 7. The van der Waals surface area contributed by atoms with E-state index in [2.05, 4.69) is 22.0 Å². The lowest BCUT2D eigenvalue weighted by Crippen LogP contribution is -2.71. The third kappa shape index (κ3) is 4.48. The van der Waals surface area contributed by atoms with Crippen molar-refractivity contribution < 1.29 is 19.5 Å². The summed E-state index contributed by atoms with van der Waals surface area (Å²) in [5.41, 5.74) is 0.839. The van der Waals surface area contributed by atoms with Crippen LogP contribution in [0.3, 0.4) is 0 Å². The van der Waals surface area contributed by atoms with Crippen LogP contribution in [0.5, 0.6) is 0 Å². The van der Waals surface area contributed by atoms with Gasteiger partial charge in [0.1, 0.15) is 27.8 Å². The number of nitrogens with one attached hydrogen (secondary N) is 1. The summed E-state index contributed by atoms with van der Waals surface area (Å²) in [5, 5.41) is 12.2. The Hall–Kier alpha value is -1.82. The molecule has 3 fully saturated rings. The maximum Gasteiger partial charge on any atom is 0.327 e. The first kappa shape index (κ1) is 24.3. The monoisotopic (exact) mass is 508 g/mol. The van der Waals surface area contributed by atoms with E-state index in [4.69, 9.17) is 12.2 Å². The SMILES string of the molecule is CCCN1CN(C(C(=O)N[C@@H]2C(=O)N3C2SC(C)(C)C3C(=O)O)c2ccccc2)CSC1=S. The van der Waals surface area contributed by atoms with Gasteiger partial charge in [-0.05, 0) is 25.8 Å². The highest BCUT2D eigenvalue weighted by atomic mass is 32.2. The molecular formula is C22H28N4O4S3. The first-order valence-corrected chi connectivity index (χ1v) is 13.2. The molecule has 1 aromatic carbocycles. The minimum atomic E-state index is -1.02. The summed E-state index contributed by atoms with van der Waals surface area (Å²) in [5.74, 6) is -1.05. The van der Waals surface area contributed by atoms with Crippen molar-refractivity contribution in [2.45, 2.75) is 55.4 Å². The smallest absolute Gasteiger partial charge is 0.327 e. The van der Waals surface area contributed by atoms with Crippen LogP contribution < -0.4 is 5.32 Å². The fourth-order valence-electron chi connectivity index (χ4n) is 4.68. The third-order valence-electron chi connectivity index (χ3n) is 6.16. The van der Waals surface area contributed by atoms with Crippen molar-refractivity contribution in [3.63, 3.8) is 0 Å². The van der Waals surface area contributed by atoms with Gasteiger partial charge in [0.25, 0.3) is 0 Å². The minimum absolute atomic E-state index is 0.263. The Morgan fingerprint density at radius 3 is 2.64 bits per heavy atom. The molecule has 3 heterocycles. The Labute approximate surface area is 207 Å². The second-order valence-corrected chi connectivity index (χ2v) is 12.3. The average Bonchev–Trinajstić information content (AvgIpc) is 3.03. The molecule has 33 heavy (non-hydrogen) atoms. The molecule has 4 atom stereocenters. The molecule has 2 N–H and O–H groups in total. The number of hydrogen-bond donors (Lipinski definition) is 2. The van der Waals surface area contributed by atoms with Crippen LogP contribution >= 0.6 is 35.7 Å². The molecule has 3 aliphatic rings. The number of benzene rings is 1. The summed E-state index contributed by atoms with van der Waals surface area (Å²) in [6.07, 6.45) is 0.947. The highest BCUT2D eigenvalue weighted by Gasteiger charge is 2.64. The number of carbonyl (C=O) groups is 3. The van der Waals surface area contributed by atoms with Crippen LogP contribution in [0.25, 0.3) is 0 Å². The van der Waals surface area contributed by atoms with Gasteiger partial charge in [0.15, 0.2) is 0 Å². The summed E-state index contributed by atoms with van der Waals surface area (Å²) < 4.78 is 0.194. The zero-order valence-corrected chi connectivity index (χ0v) is 21.2. The molecule has 3 saturated heterocycles. The molecule has 0 saturated carbocycles. The Kier molecular flexibility index (Phi) is 6.95. The van der Waals surface area contributed by atoms with Crippen molar-refractivity contribution in [3.8, 4) is 0 Å². The summed E-state index contributed by atoms with van der Waals surface area (Å²) >= 11 is 8.45. The second kappa shape index (κ2) is 9.44. The molecule has 0 bridgehead atoms. The van der Waals surface area contributed by atoms with Crippen molar-refractivity contribution in [2.75, 3.05) is 19.1 Å². The molecule has 2 amide bonds. The number of hydrogen-bond acceptors (Lipinski definition) is 7. The third-order valence-corrected chi connectivity index (χ3v) is 9.31. The Bertz CT molecular complexity index is 960. The predicted octanol–water partition coefficient (Wildman–Crippen LogP) is 2.32. The predicted molar refractivity (Wildman–Crippen MR) is 134 cm³/mol. The van der Waals surface area contributed by atoms with E-state index in [1.165, 1.54) is 28.4 Å². The number of thiocarbonyl (C=S) groups is 1. The van der Waals surface area contributed by atoms with Crippen LogP contribution in [0.15, 0.2) is 30.3 Å². The molecule has 0 spiro atoms. The van der Waals surface area contributed by atoms with Gasteiger partial charge >= 0.3 is 5.97 Å². The van der Waals surface area contributed by atoms with E-state index >= 15 is 0 Å². The maximum atomic E-state index is 13.6. The van der Waals surface area contributed by atoms with Crippen molar-refractivity contribution in [1.82, 2.24) is 20.0 Å². The zero-order valence-electron chi connectivity index (χ0n) is 18.8. The lowest BCUT2D eigenvalue weighted by Gasteiger charge is -2.45. The van der Waals surface area contributed by atoms with Gasteiger partial charge < -0.3 is 20.2 Å². The molecule has 8 nitrogen and oxygen atoms in total. The van der Waals surface area contributed by atoms with E-state index in [0.29, 0.717) is 12.5 Å². The number of nitrogens with zero attached hydrogens (tertiary/aromatic N) is 3.